The topological polar surface area (TPSA) is 35.0 Å². The zero-order valence-corrected chi connectivity index (χ0v) is 26.1. The molecular weight excluding hydrogens is 515 g/mol. The molecule has 0 rings (SSSR count). The molecule has 0 fully saturated rings. The monoisotopic (exact) mass is 577 g/mol. The van der Waals surface area contributed by atoms with Gasteiger partial charge in [0.1, 0.15) is 0 Å². The molecule has 188 valence electrons. The molecule has 0 aromatic carbocycles. The van der Waals surface area contributed by atoms with Crippen LogP contribution < -0.4 is 6.15 Å². The van der Waals surface area contributed by atoms with Crippen molar-refractivity contribution in [2.24, 2.45) is 0 Å². The Morgan fingerprint density at radius 2 is 0.633 bits per heavy atom. The Bertz CT molecular complexity index is 217. The van der Waals surface area contributed by atoms with Gasteiger partial charge in [-0.2, -0.15) is 0 Å². The fourth-order valence-corrected chi connectivity index (χ4v) is 6.37. The average molecular weight is 578 g/mol. The van der Waals surface area contributed by atoms with Crippen LogP contribution in [0.2, 0.25) is 0 Å². The van der Waals surface area contributed by atoms with Gasteiger partial charge in [0.15, 0.2) is 0 Å². The first-order chi connectivity index (χ1) is 13.8. The van der Waals surface area contributed by atoms with Gasteiger partial charge in [-0.3, -0.25) is 0 Å². The molecule has 0 aliphatic rings. The van der Waals surface area contributed by atoms with Crippen LogP contribution in [-0.4, -0.2) is 24.6 Å². The van der Waals surface area contributed by atoms with Crippen molar-refractivity contribution in [3.8, 4) is 0 Å². The largest absolute Gasteiger partial charge is 0.344 e. The maximum atomic E-state index is 2.58. The average Bonchev–Trinajstić information content (AvgIpc) is 2.69. The van der Waals surface area contributed by atoms with Crippen LogP contribution in [0, 0.1) is 0 Å². The molecule has 1 nitrogen and oxygen atoms in total. The Labute approximate surface area is 214 Å². The lowest BCUT2D eigenvalue weighted by Gasteiger charge is -2.18. The number of hydrogen-bond donors (Lipinski definition) is 1. The van der Waals surface area contributed by atoms with Gasteiger partial charge >= 0.3 is 0 Å². The van der Waals surface area contributed by atoms with Crippen LogP contribution in [0.1, 0.15) is 143 Å². The highest BCUT2D eigenvalue weighted by Crippen LogP contribution is 2.39. The minimum atomic E-state index is 0. The van der Waals surface area contributed by atoms with E-state index >= 15 is 0 Å². The van der Waals surface area contributed by atoms with Gasteiger partial charge in [0, 0.05) is 0 Å². The number of unbranched alkanes of at least 4 members (excludes halogenated alkanes) is 15. The second kappa shape index (κ2) is 37.8. The summed E-state index contributed by atoms with van der Waals surface area (Å²) in [5, 5.41) is 0. The number of hydrogen-bond acceptors (Lipinski definition) is 1. The van der Waals surface area contributed by atoms with E-state index in [-0.39, 0.29) is 30.1 Å². The zero-order valence-electron chi connectivity index (χ0n) is 21.7. The molecule has 0 aromatic heterocycles. The maximum Gasteiger partial charge on any atom is -0.0326 e. The van der Waals surface area contributed by atoms with Crippen molar-refractivity contribution >= 4 is 41.1 Å². The Hall–Kier alpha value is 1.55. The lowest BCUT2D eigenvalue weighted by Crippen LogP contribution is -1.97. The van der Waals surface area contributed by atoms with E-state index in [0.717, 1.165) is 0 Å². The first kappa shape index (κ1) is 38.8. The van der Waals surface area contributed by atoms with E-state index in [0.29, 0.717) is 7.92 Å². The van der Waals surface area contributed by atoms with E-state index in [4.69, 9.17) is 0 Å². The van der Waals surface area contributed by atoms with Crippen LogP contribution in [0.5, 0.6) is 0 Å². The molecule has 1 unspecified atom stereocenters. The molecule has 0 spiro atoms. The van der Waals surface area contributed by atoms with Gasteiger partial charge in [-0.25, -0.2) is 0 Å². The van der Waals surface area contributed by atoms with Crippen LogP contribution in [0.25, 0.3) is 0 Å². The quantitative estimate of drug-likeness (QED) is 0.0822. The molecule has 0 amide bonds. The molecule has 0 aliphatic carbocycles. The fourth-order valence-electron chi connectivity index (χ4n) is 3.68. The van der Waals surface area contributed by atoms with Crippen molar-refractivity contribution in [3.63, 3.8) is 0 Å². The summed E-state index contributed by atoms with van der Waals surface area (Å²) in [6.45, 7) is 9.05. The summed E-state index contributed by atoms with van der Waals surface area (Å²) in [6, 6.07) is 0. The predicted octanol–water partition coefficient (Wildman–Crippen LogP) is 11.2. The summed E-state index contributed by atoms with van der Waals surface area (Å²) in [7, 11) is 2.94. The van der Waals surface area contributed by atoms with Gasteiger partial charge < -0.3 is 6.15 Å². The highest BCUT2D eigenvalue weighted by molar-refractivity contribution is 14.0. The molecule has 0 saturated heterocycles. The molecular formula is C26H62INP2. The summed E-state index contributed by atoms with van der Waals surface area (Å²) >= 11 is 0. The molecule has 3 N–H and O–H groups in total. The summed E-state index contributed by atoms with van der Waals surface area (Å²) in [5.74, 6) is 0. The highest BCUT2D eigenvalue weighted by atomic mass is 127. The van der Waals surface area contributed by atoms with E-state index in [9.17, 15) is 0 Å². The molecule has 0 aromatic rings. The van der Waals surface area contributed by atoms with Crippen molar-refractivity contribution in [3.05, 3.63) is 0 Å². The van der Waals surface area contributed by atoms with Crippen LogP contribution in [-0.2, 0) is 0 Å². The molecule has 0 bridgehead atoms. The summed E-state index contributed by atoms with van der Waals surface area (Å²) in [5.41, 5.74) is 0. The van der Waals surface area contributed by atoms with Crippen LogP contribution in [0.15, 0.2) is 0 Å². The molecule has 30 heavy (non-hydrogen) atoms. The predicted molar refractivity (Wildman–Crippen MR) is 162 cm³/mol. The van der Waals surface area contributed by atoms with Crippen LogP contribution in [0.3, 0.4) is 0 Å². The third-order valence-electron chi connectivity index (χ3n) is 5.48. The zero-order chi connectivity index (χ0) is 21.1. The van der Waals surface area contributed by atoms with E-state index in [1.807, 2.05) is 0 Å². The highest BCUT2D eigenvalue weighted by Gasteiger charge is 2.07. The summed E-state index contributed by atoms with van der Waals surface area (Å²) < 4.78 is 0. The number of rotatable bonds is 21. The van der Waals surface area contributed by atoms with Gasteiger partial charge in [-0.05, 0) is 43.9 Å². The van der Waals surface area contributed by atoms with Crippen molar-refractivity contribution in [1.29, 1.82) is 0 Å². The lowest BCUT2D eigenvalue weighted by atomic mass is 10.1. The van der Waals surface area contributed by atoms with Crippen molar-refractivity contribution in [1.82, 2.24) is 6.15 Å². The minimum Gasteiger partial charge on any atom is -0.344 e. The SMILES string of the molecule is CCCCCCCCP(CCCCCCCC)CCCCCCCC.CCP.I.N. The molecule has 0 aliphatic heterocycles. The molecule has 4 heteroatoms. The normalized spacial score (nSPS) is 10.2. The molecule has 0 radical (unpaired) electrons. The summed E-state index contributed by atoms with van der Waals surface area (Å²) in [6.07, 6.45) is 32.4. The van der Waals surface area contributed by atoms with Crippen molar-refractivity contribution in [2.75, 3.05) is 24.6 Å². The maximum absolute atomic E-state index is 2.58. The smallest absolute Gasteiger partial charge is 0.0326 e. The second-order valence-electron chi connectivity index (χ2n) is 8.55. The number of halogens is 1. The van der Waals surface area contributed by atoms with Gasteiger partial charge in [0.25, 0.3) is 0 Å². The van der Waals surface area contributed by atoms with Gasteiger partial charge in [-0.15, -0.1) is 41.1 Å². The van der Waals surface area contributed by atoms with E-state index < -0.39 is 0 Å². The minimum absolute atomic E-state index is 0. The molecule has 0 saturated carbocycles. The Morgan fingerprint density at radius 1 is 0.433 bits per heavy atom. The molecule has 1 atom stereocenters. The van der Waals surface area contributed by atoms with E-state index in [1.54, 1.807) is 18.5 Å². The Balaban J connectivity index is -0.000000634. The standard InChI is InChI=1S/C24H51P.C2H7P.HI.H3N/c1-4-7-10-13-16-19-22-25(23-20-17-14-11-8-5-2)24-21-18-15-12-9-6-3;1-2-3;;/h4-24H2,1-3H3;2-3H2,1H3;1H;1H3. The van der Waals surface area contributed by atoms with Gasteiger partial charge in [0.2, 0.25) is 0 Å². The van der Waals surface area contributed by atoms with Gasteiger partial charge in [0.05, 0.1) is 0 Å². The van der Waals surface area contributed by atoms with Gasteiger partial charge in [-0.1, -0.05) is 124 Å². The van der Waals surface area contributed by atoms with Crippen molar-refractivity contribution < 1.29 is 0 Å². The van der Waals surface area contributed by atoms with Crippen LogP contribution >= 0.6 is 41.1 Å². The third kappa shape index (κ3) is 36.9. The molecule has 0 heterocycles. The second-order valence-corrected chi connectivity index (χ2v) is 12.1. The first-order valence-electron chi connectivity index (χ1n) is 13.2. The van der Waals surface area contributed by atoms with Crippen molar-refractivity contribution in [2.45, 2.75) is 143 Å². The fraction of sp³-hybridized carbons (Fsp3) is 1.00. The lowest BCUT2D eigenvalue weighted by molar-refractivity contribution is 0.617. The van der Waals surface area contributed by atoms with E-state index in [2.05, 4.69) is 36.9 Å². The Kier molecular flexibility index (Phi) is 48.9. The third-order valence-corrected chi connectivity index (χ3v) is 8.33. The Morgan fingerprint density at radius 3 is 0.867 bits per heavy atom. The first-order valence-corrected chi connectivity index (χ1v) is 15.9. The summed E-state index contributed by atoms with van der Waals surface area (Å²) in [4.78, 5) is 0. The van der Waals surface area contributed by atoms with E-state index in [1.165, 1.54) is 122 Å². The van der Waals surface area contributed by atoms with Crippen LogP contribution in [0.4, 0.5) is 0 Å².